The molecule has 6 nitrogen and oxygen atoms in total. The number of carbonyl (C=O) groups is 3. The van der Waals surface area contributed by atoms with Crippen LogP contribution >= 0.6 is 0 Å². The number of amides is 2. The third kappa shape index (κ3) is 3.91. The lowest BCUT2D eigenvalue weighted by atomic mass is 9.49. The predicted molar refractivity (Wildman–Crippen MR) is 104 cm³/mol. The number of hydrogen-bond acceptors (Lipinski definition) is 4. The van der Waals surface area contributed by atoms with E-state index in [1.54, 1.807) is 18.2 Å². The van der Waals surface area contributed by atoms with Crippen molar-refractivity contribution in [3.05, 3.63) is 29.8 Å². The largest absolute Gasteiger partial charge is 0.427 e. The van der Waals surface area contributed by atoms with Crippen molar-refractivity contribution in [2.45, 2.75) is 45.4 Å². The maximum Gasteiger partial charge on any atom is 0.308 e. The second kappa shape index (κ2) is 7.57. The van der Waals surface area contributed by atoms with E-state index in [1.165, 1.54) is 32.3 Å². The standard InChI is InChI=1S/C22H28N2O4/c1-14(25)28-19-4-2-3-18(10-19)20(26)23-5-6-24-21(27)22-11-15-7-16(12-22)9-17(8-15)13-22/h2-4,10,15-17H,5-9,11-13H2,1H3,(H,23,26)(H,24,27). The summed E-state index contributed by atoms with van der Waals surface area (Å²) in [6.45, 7) is 2.11. The molecule has 0 radical (unpaired) electrons. The number of benzene rings is 1. The predicted octanol–water partition coefficient (Wildman–Crippen LogP) is 2.67. The van der Waals surface area contributed by atoms with Crippen LogP contribution in [0.15, 0.2) is 24.3 Å². The molecule has 0 aliphatic heterocycles. The minimum atomic E-state index is -0.426. The van der Waals surface area contributed by atoms with Crippen molar-refractivity contribution >= 4 is 17.8 Å². The molecule has 2 amide bonds. The Kier molecular flexibility index (Phi) is 5.13. The number of esters is 1. The molecule has 0 saturated heterocycles. The van der Waals surface area contributed by atoms with E-state index in [2.05, 4.69) is 10.6 Å². The average molecular weight is 384 g/mol. The lowest BCUT2D eigenvalue weighted by Crippen LogP contribution is -2.54. The Morgan fingerprint density at radius 3 is 2.21 bits per heavy atom. The van der Waals surface area contributed by atoms with E-state index in [1.807, 2.05) is 0 Å². The Morgan fingerprint density at radius 2 is 1.61 bits per heavy atom. The summed E-state index contributed by atoms with van der Waals surface area (Å²) in [4.78, 5) is 36.2. The highest BCUT2D eigenvalue weighted by molar-refractivity contribution is 5.94. The van der Waals surface area contributed by atoms with Crippen LogP contribution in [-0.4, -0.2) is 30.9 Å². The van der Waals surface area contributed by atoms with Crippen LogP contribution in [0.2, 0.25) is 0 Å². The van der Waals surface area contributed by atoms with Gasteiger partial charge in [0, 0.05) is 31.0 Å². The Morgan fingerprint density at radius 1 is 1.00 bits per heavy atom. The molecule has 28 heavy (non-hydrogen) atoms. The highest BCUT2D eigenvalue weighted by Crippen LogP contribution is 2.60. The number of ether oxygens (including phenoxy) is 1. The zero-order valence-electron chi connectivity index (χ0n) is 16.3. The molecule has 4 saturated carbocycles. The van der Waals surface area contributed by atoms with Gasteiger partial charge in [-0.05, 0) is 74.5 Å². The van der Waals surface area contributed by atoms with Gasteiger partial charge in [-0.15, -0.1) is 0 Å². The Balaban J connectivity index is 1.25. The normalized spacial score (nSPS) is 30.0. The van der Waals surface area contributed by atoms with Crippen LogP contribution in [-0.2, 0) is 9.59 Å². The fraction of sp³-hybridized carbons (Fsp3) is 0.591. The van der Waals surface area contributed by atoms with Crippen molar-refractivity contribution in [3.8, 4) is 5.75 Å². The molecule has 4 bridgehead atoms. The topological polar surface area (TPSA) is 84.5 Å². The Hall–Kier alpha value is -2.37. The molecule has 6 heteroatoms. The van der Waals surface area contributed by atoms with Crippen LogP contribution in [0.3, 0.4) is 0 Å². The molecule has 4 aliphatic rings. The molecule has 4 aliphatic carbocycles. The van der Waals surface area contributed by atoms with E-state index in [-0.39, 0.29) is 17.2 Å². The fourth-order valence-corrected chi connectivity index (χ4v) is 5.90. The van der Waals surface area contributed by atoms with Crippen molar-refractivity contribution < 1.29 is 19.1 Å². The van der Waals surface area contributed by atoms with E-state index >= 15 is 0 Å². The molecule has 0 heterocycles. The highest BCUT2D eigenvalue weighted by Gasteiger charge is 2.54. The van der Waals surface area contributed by atoms with E-state index in [0.717, 1.165) is 37.0 Å². The molecule has 1 aromatic carbocycles. The smallest absolute Gasteiger partial charge is 0.308 e. The molecular formula is C22H28N2O4. The molecule has 5 rings (SSSR count). The number of hydrogen-bond donors (Lipinski definition) is 2. The van der Waals surface area contributed by atoms with E-state index in [0.29, 0.717) is 24.4 Å². The van der Waals surface area contributed by atoms with Gasteiger partial charge in [0.1, 0.15) is 5.75 Å². The van der Waals surface area contributed by atoms with Crippen LogP contribution in [0.25, 0.3) is 0 Å². The van der Waals surface area contributed by atoms with E-state index in [9.17, 15) is 14.4 Å². The SMILES string of the molecule is CC(=O)Oc1cccc(C(=O)NCCNC(=O)C23CC4CC(CC(C4)C2)C3)c1. The van der Waals surface area contributed by atoms with Gasteiger partial charge in [0.2, 0.25) is 5.91 Å². The molecule has 0 aromatic heterocycles. The van der Waals surface area contributed by atoms with Crippen LogP contribution in [0.4, 0.5) is 0 Å². The molecule has 0 unspecified atom stereocenters. The minimum Gasteiger partial charge on any atom is -0.427 e. The molecule has 150 valence electrons. The quantitative estimate of drug-likeness (QED) is 0.449. The lowest BCUT2D eigenvalue weighted by Gasteiger charge is -2.55. The lowest BCUT2D eigenvalue weighted by molar-refractivity contribution is -0.146. The second-order valence-corrected chi connectivity index (χ2v) is 8.83. The van der Waals surface area contributed by atoms with Crippen LogP contribution in [0.1, 0.15) is 55.8 Å². The molecule has 2 N–H and O–H groups in total. The van der Waals surface area contributed by atoms with Crippen molar-refractivity contribution in [2.24, 2.45) is 23.2 Å². The summed E-state index contributed by atoms with van der Waals surface area (Å²) in [6, 6.07) is 6.49. The minimum absolute atomic E-state index is 0.156. The van der Waals surface area contributed by atoms with E-state index in [4.69, 9.17) is 4.74 Å². The second-order valence-electron chi connectivity index (χ2n) is 8.83. The fourth-order valence-electron chi connectivity index (χ4n) is 5.90. The summed E-state index contributed by atoms with van der Waals surface area (Å²) in [5.74, 6) is 2.06. The molecular weight excluding hydrogens is 356 g/mol. The van der Waals surface area contributed by atoms with Crippen molar-refractivity contribution in [1.82, 2.24) is 10.6 Å². The van der Waals surface area contributed by atoms with Crippen LogP contribution in [0, 0.1) is 23.2 Å². The van der Waals surface area contributed by atoms with Crippen LogP contribution < -0.4 is 15.4 Å². The number of nitrogens with one attached hydrogen (secondary N) is 2. The first-order chi connectivity index (χ1) is 13.4. The molecule has 0 atom stereocenters. The molecule has 4 fully saturated rings. The maximum atomic E-state index is 12.9. The van der Waals surface area contributed by atoms with Gasteiger partial charge in [-0.3, -0.25) is 14.4 Å². The van der Waals surface area contributed by atoms with Gasteiger partial charge in [-0.2, -0.15) is 0 Å². The monoisotopic (exact) mass is 384 g/mol. The van der Waals surface area contributed by atoms with Crippen molar-refractivity contribution in [2.75, 3.05) is 13.1 Å². The van der Waals surface area contributed by atoms with Gasteiger partial charge in [0.25, 0.3) is 5.91 Å². The first-order valence-corrected chi connectivity index (χ1v) is 10.3. The summed E-state index contributed by atoms with van der Waals surface area (Å²) in [5, 5.41) is 5.88. The highest BCUT2D eigenvalue weighted by atomic mass is 16.5. The number of carbonyl (C=O) groups excluding carboxylic acids is 3. The summed E-state index contributed by atoms with van der Waals surface area (Å²) in [5.41, 5.74) is 0.267. The maximum absolute atomic E-state index is 12.9. The first-order valence-electron chi connectivity index (χ1n) is 10.3. The summed E-state index contributed by atoms with van der Waals surface area (Å²) in [7, 11) is 0. The van der Waals surface area contributed by atoms with Gasteiger partial charge < -0.3 is 15.4 Å². The summed E-state index contributed by atoms with van der Waals surface area (Å²) >= 11 is 0. The van der Waals surface area contributed by atoms with Gasteiger partial charge in [-0.25, -0.2) is 0 Å². The van der Waals surface area contributed by atoms with Crippen molar-refractivity contribution in [1.29, 1.82) is 0 Å². The van der Waals surface area contributed by atoms with Gasteiger partial charge >= 0.3 is 5.97 Å². The zero-order valence-corrected chi connectivity index (χ0v) is 16.3. The average Bonchev–Trinajstić information content (AvgIpc) is 2.63. The van der Waals surface area contributed by atoms with Gasteiger partial charge in [0.15, 0.2) is 0 Å². The summed E-state index contributed by atoms with van der Waals surface area (Å²) < 4.78 is 5.00. The Labute approximate surface area is 165 Å². The molecule has 1 aromatic rings. The third-order valence-electron chi connectivity index (χ3n) is 6.57. The molecule has 0 spiro atoms. The van der Waals surface area contributed by atoms with Gasteiger partial charge in [-0.1, -0.05) is 6.07 Å². The van der Waals surface area contributed by atoms with E-state index < -0.39 is 5.97 Å². The third-order valence-corrected chi connectivity index (χ3v) is 6.57. The summed E-state index contributed by atoms with van der Waals surface area (Å²) in [6.07, 6.45) is 7.07. The number of rotatable bonds is 6. The zero-order chi connectivity index (χ0) is 19.7. The van der Waals surface area contributed by atoms with Crippen molar-refractivity contribution in [3.63, 3.8) is 0 Å². The van der Waals surface area contributed by atoms with Gasteiger partial charge in [0.05, 0.1) is 0 Å². The van der Waals surface area contributed by atoms with Crippen LogP contribution in [0.5, 0.6) is 5.75 Å². The Bertz CT molecular complexity index is 753. The first kappa shape index (κ1) is 19.0.